The van der Waals surface area contributed by atoms with Crippen molar-refractivity contribution in [3.8, 4) is 0 Å². The molecule has 0 aliphatic carbocycles. The Hall–Kier alpha value is 0.250. The zero-order valence-corrected chi connectivity index (χ0v) is 9.77. The van der Waals surface area contributed by atoms with Gasteiger partial charge in [-0.05, 0) is 11.5 Å². The summed E-state index contributed by atoms with van der Waals surface area (Å²) in [5.41, 5.74) is 0. The molecule has 13 heavy (non-hydrogen) atoms. The van der Waals surface area contributed by atoms with Gasteiger partial charge in [-0.2, -0.15) is 0 Å². The molecule has 0 atom stereocenters. The average Bonchev–Trinajstić information content (AvgIpc) is 2.34. The molecule has 0 aromatic carbocycles. The highest BCUT2D eigenvalue weighted by atomic mass is 35.6. The van der Waals surface area contributed by atoms with E-state index in [0.717, 1.165) is 11.5 Å². The van der Waals surface area contributed by atoms with Crippen molar-refractivity contribution in [2.45, 2.75) is 8.00 Å². The summed E-state index contributed by atoms with van der Waals surface area (Å²) in [4.78, 5) is 11.1. The summed E-state index contributed by atoms with van der Waals surface area (Å²) >= 11 is 20.9. The lowest BCUT2D eigenvalue weighted by molar-refractivity contribution is -0.115. The number of rotatable bonds is 1. The van der Waals surface area contributed by atoms with Crippen LogP contribution in [0.1, 0.15) is 0 Å². The van der Waals surface area contributed by atoms with E-state index in [1.54, 1.807) is 0 Å². The summed E-state index contributed by atoms with van der Waals surface area (Å²) in [6, 6.07) is 0. The van der Waals surface area contributed by atoms with Crippen LogP contribution in [0.4, 0.5) is 5.82 Å². The Morgan fingerprint density at radius 3 is 2.54 bits per heavy atom. The number of thiol groups is 1. The highest BCUT2D eigenvalue weighted by molar-refractivity contribution is 7.82. The molecule has 0 bridgehead atoms. The first kappa shape index (κ1) is 11.3. The van der Waals surface area contributed by atoms with Crippen molar-refractivity contribution in [1.29, 1.82) is 0 Å². The quantitative estimate of drug-likeness (QED) is 0.611. The predicted octanol–water partition coefficient (Wildman–Crippen LogP) is 2.14. The molecule has 0 spiro atoms. The van der Waals surface area contributed by atoms with Crippen molar-refractivity contribution in [1.82, 2.24) is 9.59 Å². The molecular weight excluding hydrogens is 277 g/mol. The fourth-order valence-electron chi connectivity index (χ4n) is 0.443. The standard InChI is InChI=1S/C4H2Cl3N3OS2/c5-4(6,7)3(11)8-1-2(12)13-10-9-1/h12H,(H,8,11). The molecule has 0 saturated heterocycles. The van der Waals surface area contributed by atoms with Crippen LogP contribution in [0.5, 0.6) is 0 Å². The van der Waals surface area contributed by atoms with Crippen LogP contribution in [0.15, 0.2) is 4.21 Å². The molecular formula is C4H2Cl3N3OS2. The maximum absolute atomic E-state index is 11.1. The van der Waals surface area contributed by atoms with Gasteiger partial charge in [-0.1, -0.05) is 39.3 Å². The number of amides is 1. The van der Waals surface area contributed by atoms with Crippen molar-refractivity contribution < 1.29 is 4.79 Å². The number of carbonyl (C=O) groups excluding carboxylic acids is 1. The number of alkyl halides is 3. The third-order valence-corrected chi connectivity index (χ3v) is 2.46. The Bertz CT molecular complexity index is 323. The second kappa shape index (κ2) is 4.18. The monoisotopic (exact) mass is 277 g/mol. The van der Waals surface area contributed by atoms with E-state index in [9.17, 15) is 4.79 Å². The highest BCUT2D eigenvalue weighted by Gasteiger charge is 2.31. The van der Waals surface area contributed by atoms with E-state index in [1.165, 1.54) is 0 Å². The number of aromatic nitrogens is 2. The van der Waals surface area contributed by atoms with E-state index in [1.807, 2.05) is 0 Å². The van der Waals surface area contributed by atoms with Crippen LogP contribution in [0, 0.1) is 0 Å². The number of nitrogens with one attached hydrogen (secondary N) is 1. The molecule has 0 aliphatic heterocycles. The number of nitrogens with zero attached hydrogens (tertiary/aromatic N) is 2. The van der Waals surface area contributed by atoms with Gasteiger partial charge in [0.25, 0.3) is 9.70 Å². The van der Waals surface area contributed by atoms with E-state index < -0.39 is 9.70 Å². The molecule has 1 aromatic heterocycles. The minimum atomic E-state index is -2.01. The van der Waals surface area contributed by atoms with E-state index >= 15 is 0 Å². The molecule has 0 aliphatic rings. The predicted molar refractivity (Wildman–Crippen MR) is 56.1 cm³/mol. The summed E-state index contributed by atoms with van der Waals surface area (Å²) in [5.74, 6) is -0.606. The molecule has 0 fully saturated rings. The minimum Gasteiger partial charge on any atom is -0.304 e. The van der Waals surface area contributed by atoms with Gasteiger partial charge in [0.1, 0.15) is 4.21 Å². The van der Waals surface area contributed by atoms with Crippen molar-refractivity contribution >= 4 is 70.7 Å². The third kappa shape index (κ3) is 3.14. The van der Waals surface area contributed by atoms with Crippen LogP contribution in [0.2, 0.25) is 0 Å². The number of hydrogen-bond donors (Lipinski definition) is 2. The third-order valence-electron chi connectivity index (χ3n) is 0.960. The molecule has 72 valence electrons. The van der Waals surface area contributed by atoms with Crippen molar-refractivity contribution in [2.24, 2.45) is 0 Å². The number of hydrogen-bond acceptors (Lipinski definition) is 5. The fourth-order valence-corrected chi connectivity index (χ4v) is 1.17. The van der Waals surface area contributed by atoms with Gasteiger partial charge in [-0.15, -0.1) is 17.7 Å². The highest BCUT2D eigenvalue weighted by Crippen LogP contribution is 2.29. The number of anilines is 1. The smallest absolute Gasteiger partial charge is 0.277 e. The Morgan fingerprint density at radius 1 is 1.54 bits per heavy atom. The van der Waals surface area contributed by atoms with Gasteiger partial charge in [0, 0.05) is 0 Å². The number of carbonyl (C=O) groups is 1. The largest absolute Gasteiger partial charge is 0.304 e. The first-order valence-corrected chi connectivity index (χ1v) is 5.16. The van der Waals surface area contributed by atoms with Crippen molar-refractivity contribution in [3.63, 3.8) is 0 Å². The van der Waals surface area contributed by atoms with Crippen LogP contribution >= 0.6 is 59.0 Å². The molecule has 0 unspecified atom stereocenters. The van der Waals surface area contributed by atoms with Crippen molar-refractivity contribution in [3.05, 3.63) is 0 Å². The maximum atomic E-state index is 11.1. The Balaban J connectivity index is 2.71. The summed E-state index contributed by atoms with van der Waals surface area (Å²) in [5, 5.41) is 5.81. The Morgan fingerprint density at radius 2 is 2.15 bits per heavy atom. The van der Waals surface area contributed by atoms with Crippen LogP contribution in [0.25, 0.3) is 0 Å². The Kier molecular flexibility index (Phi) is 3.64. The van der Waals surface area contributed by atoms with E-state index in [-0.39, 0.29) is 5.82 Å². The summed E-state index contributed by atoms with van der Waals surface area (Å²) in [7, 11) is 0. The lowest BCUT2D eigenvalue weighted by Crippen LogP contribution is -2.27. The second-order valence-electron chi connectivity index (χ2n) is 1.88. The van der Waals surface area contributed by atoms with Gasteiger partial charge in [0.2, 0.25) is 0 Å². The minimum absolute atomic E-state index is 0.185. The molecule has 1 N–H and O–H groups in total. The van der Waals surface area contributed by atoms with Crippen LogP contribution in [-0.2, 0) is 4.79 Å². The van der Waals surface area contributed by atoms with Gasteiger partial charge in [0.15, 0.2) is 5.82 Å². The molecule has 0 radical (unpaired) electrons. The first-order chi connectivity index (χ1) is 5.91. The average molecular weight is 279 g/mol. The van der Waals surface area contributed by atoms with Gasteiger partial charge in [0.05, 0.1) is 0 Å². The van der Waals surface area contributed by atoms with E-state index in [4.69, 9.17) is 34.8 Å². The van der Waals surface area contributed by atoms with Crippen LogP contribution < -0.4 is 5.32 Å². The van der Waals surface area contributed by atoms with Crippen molar-refractivity contribution in [2.75, 3.05) is 5.32 Å². The maximum Gasteiger partial charge on any atom is 0.277 e. The zero-order chi connectivity index (χ0) is 10.1. The first-order valence-electron chi connectivity index (χ1n) is 2.80. The lowest BCUT2D eigenvalue weighted by Gasteiger charge is -2.08. The van der Waals surface area contributed by atoms with Gasteiger partial charge in [-0.25, -0.2) is 0 Å². The second-order valence-corrected chi connectivity index (χ2v) is 5.66. The van der Waals surface area contributed by atoms with Crippen LogP contribution in [0.3, 0.4) is 0 Å². The summed E-state index contributed by atoms with van der Waals surface area (Å²) < 4.78 is 1.96. The molecule has 1 rings (SSSR count). The lowest BCUT2D eigenvalue weighted by atomic mass is 10.6. The van der Waals surface area contributed by atoms with Gasteiger partial charge < -0.3 is 5.32 Å². The molecule has 1 aromatic rings. The molecule has 9 heteroatoms. The molecule has 4 nitrogen and oxygen atoms in total. The molecule has 0 saturated carbocycles. The number of halogens is 3. The van der Waals surface area contributed by atoms with E-state index in [2.05, 4.69) is 27.5 Å². The SMILES string of the molecule is O=C(Nc1nnsc1S)C(Cl)(Cl)Cl. The van der Waals surface area contributed by atoms with Gasteiger partial charge in [-0.3, -0.25) is 4.79 Å². The summed E-state index contributed by atoms with van der Waals surface area (Å²) in [6.07, 6.45) is 0. The van der Waals surface area contributed by atoms with Crippen LogP contribution in [-0.4, -0.2) is 19.3 Å². The molecule has 1 heterocycles. The molecule has 1 amide bonds. The summed E-state index contributed by atoms with van der Waals surface area (Å²) in [6.45, 7) is 0. The van der Waals surface area contributed by atoms with E-state index in [0.29, 0.717) is 4.21 Å². The Labute approximate surface area is 98.1 Å². The topological polar surface area (TPSA) is 54.9 Å². The van der Waals surface area contributed by atoms with Gasteiger partial charge >= 0.3 is 0 Å². The zero-order valence-electron chi connectivity index (χ0n) is 5.79. The fraction of sp³-hybridized carbons (Fsp3) is 0.250. The normalized spacial score (nSPS) is 11.4.